The van der Waals surface area contributed by atoms with Crippen molar-refractivity contribution in [3.63, 3.8) is 0 Å². The van der Waals surface area contributed by atoms with Crippen LogP contribution in [0.2, 0.25) is 0 Å². The van der Waals surface area contributed by atoms with E-state index in [-0.39, 0.29) is 14.6 Å². The molecule has 0 amide bonds. The normalized spacial score (nSPS) is 12.6. The number of unbranched alkanes of at least 4 members (excludes halogenated alkanes) is 3. The third-order valence-electron chi connectivity index (χ3n) is 4.84. The molecule has 5 rings (SSSR count). The Morgan fingerprint density at radius 2 is 1.46 bits per heavy atom. The Bertz CT molecular complexity index is 1100. The van der Waals surface area contributed by atoms with Crippen LogP contribution in [0, 0.1) is 0 Å². The van der Waals surface area contributed by atoms with Crippen LogP contribution in [0.5, 0.6) is 0 Å². The first kappa shape index (κ1) is 18.2. The Morgan fingerprint density at radius 1 is 0.857 bits per heavy atom. The van der Waals surface area contributed by atoms with Gasteiger partial charge in [0, 0.05) is 0 Å². The van der Waals surface area contributed by atoms with E-state index >= 15 is 0 Å². The van der Waals surface area contributed by atoms with Crippen molar-refractivity contribution in [3.05, 3.63) is 35.0 Å². The number of benzene rings is 1. The molecule has 0 atom stereocenters. The zero-order valence-corrected chi connectivity index (χ0v) is 18.8. The van der Waals surface area contributed by atoms with Crippen LogP contribution in [-0.4, -0.2) is 29.6 Å². The van der Waals surface area contributed by atoms with Crippen molar-refractivity contribution in [1.82, 2.24) is 15.0 Å². The molecule has 4 aromatic rings. The second-order valence-corrected chi connectivity index (χ2v) is 9.72. The summed E-state index contributed by atoms with van der Waals surface area (Å²) in [4.78, 5) is 4.26. The maximum atomic E-state index is 4.94. The minimum absolute atomic E-state index is 0.102. The van der Waals surface area contributed by atoms with E-state index in [0.717, 1.165) is 46.5 Å². The monoisotopic (exact) mass is 473 g/mol. The predicted octanol–water partition coefficient (Wildman–Crippen LogP) is 6.82. The van der Waals surface area contributed by atoms with Gasteiger partial charge in [-0.15, -0.1) is 0 Å². The van der Waals surface area contributed by atoms with Gasteiger partial charge in [0.05, 0.1) is 0 Å². The van der Waals surface area contributed by atoms with Crippen LogP contribution in [0.15, 0.2) is 43.0 Å². The number of rotatable bonds is 7. The Morgan fingerprint density at radius 3 is 1.96 bits per heavy atom. The summed E-state index contributed by atoms with van der Waals surface area (Å²) in [5.41, 5.74) is 6.10. The third kappa shape index (κ3) is 3.14. The van der Waals surface area contributed by atoms with Crippen LogP contribution >= 0.6 is 22.7 Å². The number of nitrogens with zero attached hydrogens (tertiary/aromatic N) is 5. The molecule has 0 N–H and O–H groups in total. The minimum atomic E-state index is -0.102. The number of aromatic nitrogens is 3. The van der Waals surface area contributed by atoms with E-state index in [4.69, 9.17) is 18.1 Å². The van der Waals surface area contributed by atoms with E-state index in [1.165, 1.54) is 29.0 Å². The van der Waals surface area contributed by atoms with Gasteiger partial charge in [0.25, 0.3) is 0 Å². The van der Waals surface area contributed by atoms with Crippen molar-refractivity contribution in [1.29, 1.82) is 0 Å². The number of fused-ring (bicyclic) bond motifs is 2. The Hall–Kier alpha value is -1.86. The summed E-state index contributed by atoms with van der Waals surface area (Å²) in [6.45, 7) is 3.09. The first-order valence-electron chi connectivity index (χ1n) is 9.47. The van der Waals surface area contributed by atoms with Crippen LogP contribution in [0.25, 0.3) is 31.9 Å². The van der Waals surface area contributed by atoms with E-state index in [1.807, 2.05) is 4.80 Å². The van der Waals surface area contributed by atoms with E-state index in [0.29, 0.717) is 0 Å². The molecule has 4 heterocycles. The molecule has 28 heavy (non-hydrogen) atoms. The second-order valence-electron chi connectivity index (χ2n) is 6.72. The topological polar surface area (TPSA) is 55.4 Å². The molecule has 0 radical (unpaired) electrons. The summed E-state index contributed by atoms with van der Waals surface area (Å²) in [6.07, 6.45) is 4.82. The molecule has 5 nitrogen and oxygen atoms in total. The average molecular weight is 473 g/mol. The second kappa shape index (κ2) is 7.87. The van der Waals surface area contributed by atoms with Gasteiger partial charge in [-0.2, -0.15) is 0 Å². The summed E-state index contributed by atoms with van der Waals surface area (Å²) in [5.74, 6) is 0. The van der Waals surface area contributed by atoms with Crippen LogP contribution in [-0.2, 0) is 6.54 Å². The molecular formula is C20H19N5S2Se. The van der Waals surface area contributed by atoms with Crippen LogP contribution in [0.3, 0.4) is 0 Å². The maximum absolute atomic E-state index is 4.94. The predicted molar refractivity (Wildman–Crippen MR) is 118 cm³/mol. The first-order chi connectivity index (χ1) is 13.9. The molecule has 0 aliphatic carbocycles. The number of hydrogen-bond donors (Lipinski definition) is 0. The van der Waals surface area contributed by atoms with Gasteiger partial charge in [0.15, 0.2) is 0 Å². The molecular weight excluding hydrogens is 453 g/mol. The molecule has 1 aliphatic rings. The SMILES string of the molecule is CCCCCCn1nc2c(-c3cccs3)c3c(c(-c4cccs4)c2n1)N=[Se]=N3. The van der Waals surface area contributed by atoms with Gasteiger partial charge >= 0.3 is 178 Å². The third-order valence-corrected chi connectivity index (χ3v) is 7.72. The molecule has 3 aromatic heterocycles. The molecule has 0 saturated carbocycles. The van der Waals surface area contributed by atoms with Gasteiger partial charge in [-0.25, -0.2) is 0 Å². The van der Waals surface area contributed by atoms with Crippen molar-refractivity contribution in [3.8, 4) is 20.9 Å². The average Bonchev–Trinajstić information content (AvgIpc) is 3.49. The summed E-state index contributed by atoms with van der Waals surface area (Å²) in [7, 11) is 0. The Balaban J connectivity index is 1.72. The van der Waals surface area contributed by atoms with Crippen molar-refractivity contribution in [2.75, 3.05) is 0 Å². The number of hydrogen-bond acceptors (Lipinski definition) is 6. The van der Waals surface area contributed by atoms with E-state index in [1.54, 1.807) is 22.7 Å². The van der Waals surface area contributed by atoms with Gasteiger partial charge in [-0.05, 0) is 0 Å². The standard InChI is InChI=1S/C20H19N5S2Se/c1-2-3-4-5-10-25-21-17-15(13-8-6-11-26-13)19-20(24-28-23-19)16(18(17)22-25)14-9-7-12-27-14/h6-9,11-12H,2-5,10H2,1H3. The van der Waals surface area contributed by atoms with E-state index in [2.05, 4.69) is 41.9 Å². The molecule has 1 aromatic carbocycles. The van der Waals surface area contributed by atoms with Gasteiger partial charge in [0.2, 0.25) is 0 Å². The molecule has 0 fully saturated rings. The van der Waals surface area contributed by atoms with Crippen LogP contribution in [0.1, 0.15) is 32.6 Å². The molecule has 8 heteroatoms. The quantitative estimate of drug-likeness (QED) is 0.193. The number of aryl methyl sites for hydroxylation is 1. The van der Waals surface area contributed by atoms with Crippen molar-refractivity contribution in [2.24, 2.45) is 7.92 Å². The molecule has 142 valence electrons. The molecule has 0 unspecified atom stereocenters. The van der Waals surface area contributed by atoms with Gasteiger partial charge in [0.1, 0.15) is 0 Å². The fourth-order valence-electron chi connectivity index (χ4n) is 3.51. The Labute approximate surface area is 177 Å². The summed E-state index contributed by atoms with van der Waals surface area (Å²) in [6, 6.07) is 8.45. The van der Waals surface area contributed by atoms with E-state index in [9.17, 15) is 0 Å². The molecule has 1 aliphatic heterocycles. The van der Waals surface area contributed by atoms with Crippen molar-refractivity contribution < 1.29 is 0 Å². The summed E-state index contributed by atoms with van der Waals surface area (Å²) in [5, 5.41) is 14.1. The Kier molecular flexibility index (Phi) is 5.11. The summed E-state index contributed by atoms with van der Waals surface area (Å²) < 4.78 is 9.60. The summed E-state index contributed by atoms with van der Waals surface area (Å²) >= 11 is 3.35. The zero-order valence-electron chi connectivity index (χ0n) is 15.5. The molecule has 0 bridgehead atoms. The van der Waals surface area contributed by atoms with Crippen LogP contribution in [0.4, 0.5) is 11.4 Å². The molecule has 0 spiro atoms. The van der Waals surface area contributed by atoms with Gasteiger partial charge in [-0.3, -0.25) is 0 Å². The van der Waals surface area contributed by atoms with Crippen molar-refractivity contribution in [2.45, 2.75) is 39.2 Å². The first-order valence-corrected chi connectivity index (χ1v) is 12.8. The van der Waals surface area contributed by atoms with Gasteiger partial charge < -0.3 is 0 Å². The van der Waals surface area contributed by atoms with Gasteiger partial charge in [-0.1, -0.05) is 0 Å². The fourth-order valence-corrected chi connectivity index (χ4v) is 6.23. The van der Waals surface area contributed by atoms with Crippen LogP contribution < -0.4 is 0 Å². The zero-order chi connectivity index (χ0) is 18.9. The fraction of sp³-hybridized carbons (Fsp3) is 0.300. The molecule has 0 saturated heterocycles. The van der Waals surface area contributed by atoms with E-state index < -0.39 is 0 Å². The van der Waals surface area contributed by atoms with Crippen molar-refractivity contribution >= 4 is 59.6 Å². The number of thiophene rings is 2.